The van der Waals surface area contributed by atoms with Gasteiger partial charge in [0, 0.05) is 25.9 Å². The molecule has 4 heterocycles. The lowest BCUT2D eigenvalue weighted by Crippen LogP contribution is -2.17. The molecule has 114 valence electrons. The highest BCUT2D eigenvalue weighted by Gasteiger charge is 2.22. The average Bonchev–Trinajstić information content (AvgIpc) is 3.18. The fourth-order valence-electron chi connectivity index (χ4n) is 2.58. The number of fused-ring (bicyclic) bond motifs is 1. The van der Waals surface area contributed by atoms with Crippen LogP contribution in [0.3, 0.4) is 0 Å². The van der Waals surface area contributed by atoms with E-state index in [1.54, 1.807) is 10.9 Å². The van der Waals surface area contributed by atoms with E-state index >= 15 is 0 Å². The topological polar surface area (TPSA) is 67.0 Å². The summed E-state index contributed by atoms with van der Waals surface area (Å²) >= 11 is 6.01. The Kier molecular flexibility index (Phi) is 3.24. The lowest BCUT2D eigenvalue weighted by Gasteiger charge is -2.13. The maximum Gasteiger partial charge on any atom is 0.243 e. The van der Waals surface area contributed by atoms with Crippen LogP contribution in [0.1, 0.15) is 6.42 Å². The molecule has 1 saturated heterocycles. The fraction of sp³-hybridized carbons (Fsp3) is 0.357. The Labute approximate surface area is 131 Å². The summed E-state index contributed by atoms with van der Waals surface area (Å²) in [4.78, 5) is 8.52. The van der Waals surface area contributed by atoms with Gasteiger partial charge in [-0.25, -0.2) is 4.98 Å². The van der Waals surface area contributed by atoms with Gasteiger partial charge in [0.15, 0.2) is 0 Å². The summed E-state index contributed by atoms with van der Waals surface area (Å²) in [6, 6.07) is 1.88. The quantitative estimate of drug-likeness (QED) is 0.691. The molecule has 0 amide bonds. The lowest BCUT2D eigenvalue weighted by molar-refractivity contribution is 0.139. The summed E-state index contributed by atoms with van der Waals surface area (Å²) in [6.45, 7) is 1.27. The van der Waals surface area contributed by atoms with Crippen molar-refractivity contribution >= 4 is 22.6 Å². The van der Waals surface area contributed by atoms with Crippen LogP contribution < -0.4 is 4.74 Å². The van der Waals surface area contributed by atoms with Gasteiger partial charge in [0.1, 0.15) is 11.6 Å². The number of aromatic nitrogens is 5. The molecule has 1 atom stereocenters. The monoisotopic (exact) mass is 319 g/mol. The van der Waals surface area contributed by atoms with Crippen LogP contribution in [0.15, 0.2) is 24.7 Å². The maximum atomic E-state index is 6.01. The summed E-state index contributed by atoms with van der Waals surface area (Å²) in [7, 11) is 1.87. The molecule has 8 heteroatoms. The first kappa shape index (κ1) is 13.5. The summed E-state index contributed by atoms with van der Waals surface area (Å²) in [5.41, 5.74) is 2.43. The first-order valence-electron chi connectivity index (χ1n) is 6.99. The minimum Gasteiger partial charge on any atom is -0.470 e. The van der Waals surface area contributed by atoms with Gasteiger partial charge < -0.3 is 14.0 Å². The molecule has 3 aromatic rings. The van der Waals surface area contributed by atoms with Crippen molar-refractivity contribution in [3.63, 3.8) is 0 Å². The van der Waals surface area contributed by atoms with Crippen LogP contribution in [-0.2, 0) is 11.8 Å². The third-order valence-electron chi connectivity index (χ3n) is 3.61. The van der Waals surface area contributed by atoms with E-state index in [9.17, 15) is 0 Å². The number of halogens is 1. The van der Waals surface area contributed by atoms with Crippen LogP contribution in [-0.4, -0.2) is 43.6 Å². The third-order valence-corrected chi connectivity index (χ3v) is 3.78. The molecule has 1 aliphatic heterocycles. The number of hydrogen-bond donors (Lipinski definition) is 0. The average molecular weight is 320 g/mol. The van der Waals surface area contributed by atoms with Crippen LogP contribution in [0.25, 0.3) is 16.7 Å². The first-order chi connectivity index (χ1) is 10.7. The highest BCUT2D eigenvalue weighted by molar-refractivity contribution is 6.28. The minimum absolute atomic E-state index is 0.00795. The molecule has 0 aromatic carbocycles. The Morgan fingerprint density at radius 1 is 1.41 bits per heavy atom. The van der Waals surface area contributed by atoms with Gasteiger partial charge in [-0.1, -0.05) is 0 Å². The summed E-state index contributed by atoms with van der Waals surface area (Å²) in [5.74, 6) is 0.472. The van der Waals surface area contributed by atoms with Crippen molar-refractivity contribution in [1.29, 1.82) is 0 Å². The van der Waals surface area contributed by atoms with Crippen LogP contribution in [0.5, 0.6) is 5.88 Å². The van der Waals surface area contributed by atoms with Gasteiger partial charge in [0.05, 0.1) is 30.6 Å². The van der Waals surface area contributed by atoms with Gasteiger partial charge in [-0.05, 0) is 17.7 Å². The van der Waals surface area contributed by atoms with Crippen molar-refractivity contribution in [1.82, 2.24) is 24.3 Å². The number of hydrogen-bond acceptors (Lipinski definition) is 5. The summed E-state index contributed by atoms with van der Waals surface area (Å²) in [5, 5.41) is 4.37. The third kappa shape index (κ3) is 2.32. The zero-order valence-corrected chi connectivity index (χ0v) is 12.7. The number of rotatable bonds is 3. The maximum absolute atomic E-state index is 6.01. The predicted octanol–water partition coefficient (Wildman–Crippen LogP) is 1.98. The van der Waals surface area contributed by atoms with E-state index in [0.717, 1.165) is 23.1 Å². The van der Waals surface area contributed by atoms with Crippen LogP contribution in [0.2, 0.25) is 5.28 Å². The highest BCUT2D eigenvalue weighted by Crippen LogP contribution is 2.29. The molecule has 1 fully saturated rings. The molecule has 1 unspecified atom stereocenters. The molecule has 0 spiro atoms. The number of nitrogens with zero attached hydrogens (tertiary/aromatic N) is 5. The second-order valence-corrected chi connectivity index (χ2v) is 5.53. The lowest BCUT2D eigenvalue weighted by atomic mass is 10.3. The van der Waals surface area contributed by atoms with Gasteiger partial charge in [-0.15, -0.1) is 0 Å². The molecule has 22 heavy (non-hydrogen) atoms. The highest BCUT2D eigenvalue weighted by atomic mass is 35.5. The number of ether oxygens (including phenoxy) is 2. The second kappa shape index (κ2) is 5.26. The zero-order chi connectivity index (χ0) is 15.1. The normalized spacial score (nSPS) is 18.2. The van der Waals surface area contributed by atoms with Crippen molar-refractivity contribution in [2.45, 2.75) is 12.5 Å². The smallest absolute Gasteiger partial charge is 0.243 e. The van der Waals surface area contributed by atoms with E-state index in [1.165, 1.54) is 0 Å². The Bertz CT molecular complexity index is 822. The molecule has 0 radical (unpaired) electrons. The number of aryl methyl sites for hydroxylation is 1. The van der Waals surface area contributed by atoms with Gasteiger partial charge in [-0.3, -0.25) is 4.68 Å². The molecule has 0 saturated carbocycles. The van der Waals surface area contributed by atoms with Crippen molar-refractivity contribution in [2.24, 2.45) is 7.05 Å². The van der Waals surface area contributed by atoms with Gasteiger partial charge in [0.25, 0.3) is 0 Å². The van der Waals surface area contributed by atoms with Crippen LogP contribution >= 0.6 is 11.6 Å². The Hall–Kier alpha value is -2.12. The molecule has 4 rings (SSSR count). The Balaban J connectivity index is 1.84. The van der Waals surface area contributed by atoms with Crippen molar-refractivity contribution in [3.05, 3.63) is 29.9 Å². The summed E-state index contributed by atoms with van der Waals surface area (Å²) < 4.78 is 15.0. The van der Waals surface area contributed by atoms with E-state index < -0.39 is 0 Å². The van der Waals surface area contributed by atoms with Crippen molar-refractivity contribution in [3.8, 4) is 11.6 Å². The first-order valence-corrected chi connectivity index (χ1v) is 7.36. The van der Waals surface area contributed by atoms with E-state index in [2.05, 4.69) is 15.1 Å². The van der Waals surface area contributed by atoms with E-state index in [4.69, 9.17) is 21.1 Å². The SMILES string of the molecule is Cn1cc(-n2ccc3nc(Cl)nc(OC4CCOC4)c32)cn1. The zero-order valence-electron chi connectivity index (χ0n) is 11.9. The Morgan fingerprint density at radius 3 is 3.05 bits per heavy atom. The van der Waals surface area contributed by atoms with Crippen molar-refractivity contribution in [2.75, 3.05) is 13.2 Å². The van der Waals surface area contributed by atoms with Crippen LogP contribution in [0, 0.1) is 0 Å². The predicted molar refractivity (Wildman–Crippen MR) is 80.5 cm³/mol. The van der Waals surface area contributed by atoms with E-state index in [1.807, 2.05) is 30.1 Å². The fourth-order valence-corrected chi connectivity index (χ4v) is 2.75. The Morgan fingerprint density at radius 2 is 2.32 bits per heavy atom. The molecule has 0 bridgehead atoms. The van der Waals surface area contributed by atoms with Gasteiger partial charge >= 0.3 is 0 Å². The van der Waals surface area contributed by atoms with Crippen molar-refractivity contribution < 1.29 is 9.47 Å². The molecule has 1 aliphatic rings. The molecular formula is C14H14ClN5O2. The second-order valence-electron chi connectivity index (χ2n) is 5.19. The molecular weight excluding hydrogens is 306 g/mol. The van der Waals surface area contributed by atoms with E-state index in [-0.39, 0.29) is 11.4 Å². The standard InChI is InChI=1S/C14H14ClN5O2/c1-19-7-9(6-16-19)20-4-2-11-12(20)13(18-14(15)17-11)22-10-3-5-21-8-10/h2,4,6-7,10H,3,5,8H2,1H3. The molecule has 0 N–H and O–H groups in total. The molecule has 3 aromatic heterocycles. The molecule has 7 nitrogen and oxygen atoms in total. The van der Waals surface area contributed by atoms with Gasteiger partial charge in [-0.2, -0.15) is 10.1 Å². The van der Waals surface area contributed by atoms with E-state index in [0.29, 0.717) is 19.1 Å². The van der Waals surface area contributed by atoms with Crippen LogP contribution in [0.4, 0.5) is 0 Å². The largest absolute Gasteiger partial charge is 0.470 e. The summed E-state index contributed by atoms with van der Waals surface area (Å²) in [6.07, 6.45) is 6.43. The minimum atomic E-state index is -0.00795. The van der Waals surface area contributed by atoms with Gasteiger partial charge in [0.2, 0.25) is 11.2 Å². The molecule has 0 aliphatic carbocycles.